The van der Waals surface area contributed by atoms with E-state index < -0.39 is 12.5 Å². The van der Waals surface area contributed by atoms with Gasteiger partial charge in [-0.15, -0.1) is 0 Å². The van der Waals surface area contributed by atoms with Crippen LogP contribution in [0.25, 0.3) is 0 Å². The number of hydrogen-bond donors (Lipinski definition) is 2. The number of rotatable bonds is 4. The van der Waals surface area contributed by atoms with Gasteiger partial charge in [0, 0.05) is 18.0 Å². The molecule has 4 heteroatoms. The molecule has 0 aliphatic carbocycles. The molecule has 1 atom stereocenters. The molecule has 0 aromatic heterocycles. The van der Waals surface area contributed by atoms with Crippen LogP contribution in [-0.2, 0) is 0 Å². The molecule has 74 valence electrons. The van der Waals surface area contributed by atoms with E-state index >= 15 is 0 Å². The van der Waals surface area contributed by atoms with Crippen LogP contribution in [0.15, 0.2) is 0 Å². The highest BCUT2D eigenvalue weighted by atomic mass is 19.3. The Morgan fingerprint density at radius 1 is 1.33 bits per heavy atom. The topological polar surface area (TPSA) is 32.3 Å². The highest BCUT2D eigenvalue weighted by Crippen LogP contribution is 2.08. The van der Waals surface area contributed by atoms with Gasteiger partial charge in [0.15, 0.2) is 0 Å². The molecule has 0 radical (unpaired) electrons. The minimum Gasteiger partial charge on any atom is -0.395 e. The van der Waals surface area contributed by atoms with E-state index in [1.165, 1.54) is 0 Å². The molecule has 0 saturated carbocycles. The maximum atomic E-state index is 11.9. The number of aliphatic hydroxyl groups excluding tert-OH is 1. The third-order valence-corrected chi connectivity index (χ3v) is 1.32. The van der Waals surface area contributed by atoms with Crippen molar-refractivity contribution in [2.45, 2.75) is 45.2 Å². The van der Waals surface area contributed by atoms with Crippen molar-refractivity contribution in [1.29, 1.82) is 0 Å². The lowest BCUT2D eigenvalue weighted by atomic mass is 10.1. The standard InChI is InChI=1S/C8H17F2NO/c1-8(2,3)11-6(5-12)4-7(9)10/h6-7,11-12H,4-5H2,1-3H3. The number of hydrogen-bond acceptors (Lipinski definition) is 2. The second-order valence-corrected chi connectivity index (χ2v) is 3.90. The van der Waals surface area contributed by atoms with Crippen molar-refractivity contribution in [3.8, 4) is 0 Å². The van der Waals surface area contributed by atoms with Gasteiger partial charge in [0.25, 0.3) is 0 Å². The van der Waals surface area contributed by atoms with Gasteiger partial charge in [-0.25, -0.2) is 8.78 Å². The fraction of sp³-hybridized carbons (Fsp3) is 1.00. The average Bonchev–Trinajstić information content (AvgIpc) is 1.82. The molecule has 0 amide bonds. The summed E-state index contributed by atoms with van der Waals surface area (Å²) in [5.74, 6) is 0. The summed E-state index contributed by atoms with van der Waals surface area (Å²) in [6.45, 7) is 5.38. The zero-order valence-corrected chi connectivity index (χ0v) is 7.77. The fourth-order valence-electron chi connectivity index (χ4n) is 1.01. The molecular weight excluding hydrogens is 164 g/mol. The third kappa shape index (κ3) is 6.49. The van der Waals surface area contributed by atoms with Crippen LogP contribution >= 0.6 is 0 Å². The second kappa shape index (κ2) is 4.72. The monoisotopic (exact) mass is 181 g/mol. The van der Waals surface area contributed by atoms with Crippen molar-refractivity contribution in [1.82, 2.24) is 5.32 Å². The van der Waals surface area contributed by atoms with Crippen molar-refractivity contribution in [2.75, 3.05) is 6.61 Å². The summed E-state index contributed by atoms with van der Waals surface area (Å²) >= 11 is 0. The number of halogens is 2. The van der Waals surface area contributed by atoms with Gasteiger partial charge in [0.05, 0.1) is 6.61 Å². The van der Waals surface area contributed by atoms with E-state index in [1.807, 2.05) is 20.8 Å². The van der Waals surface area contributed by atoms with Crippen LogP contribution in [0.2, 0.25) is 0 Å². The summed E-state index contributed by atoms with van der Waals surface area (Å²) in [5, 5.41) is 11.6. The van der Waals surface area contributed by atoms with E-state index in [2.05, 4.69) is 5.32 Å². The van der Waals surface area contributed by atoms with Gasteiger partial charge in [-0.3, -0.25) is 0 Å². The molecule has 1 unspecified atom stereocenters. The Labute approximate surface area is 72.0 Å². The number of nitrogens with one attached hydrogen (secondary N) is 1. The summed E-state index contributed by atoms with van der Waals surface area (Å²) in [6, 6.07) is -0.509. The van der Waals surface area contributed by atoms with Crippen LogP contribution in [0.1, 0.15) is 27.2 Å². The first kappa shape index (κ1) is 11.8. The van der Waals surface area contributed by atoms with Gasteiger partial charge in [-0.05, 0) is 20.8 Å². The van der Waals surface area contributed by atoms with Gasteiger partial charge in [-0.1, -0.05) is 0 Å². The number of alkyl halides is 2. The third-order valence-electron chi connectivity index (χ3n) is 1.32. The van der Waals surface area contributed by atoms with Crippen LogP contribution < -0.4 is 5.32 Å². The molecule has 0 aromatic rings. The first-order valence-corrected chi connectivity index (χ1v) is 4.02. The van der Waals surface area contributed by atoms with Crippen molar-refractivity contribution < 1.29 is 13.9 Å². The second-order valence-electron chi connectivity index (χ2n) is 3.90. The molecule has 2 N–H and O–H groups in total. The van der Waals surface area contributed by atoms with E-state index in [4.69, 9.17) is 5.11 Å². The van der Waals surface area contributed by atoms with Gasteiger partial charge in [0.2, 0.25) is 6.43 Å². The minimum atomic E-state index is -2.36. The molecule has 0 aliphatic heterocycles. The quantitative estimate of drug-likeness (QED) is 0.687. The lowest BCUT2D eigenvalue weighted by molar-refractivity contribution is 0.0967. The van der Waals surface area contributed by atoms with Crippen LogP contribution in [0, 0.1) is 0 Å². The molecule has 0 aliphatic rings. The first-order valence-electron chi connectivity index (χ1n) is 4.02. The van der Waals surface area contributed by atoms with Gasteiger partial charge >= 0.3 is 0 Å². The molecule has 0 heterocycles. The number of aliphatic hydroxyl groups is 1. The van der Waals surface area contributed by atoms with Crippen LogP contribution in [-0.4, -0.2) is 29.7 Å². The first-order chi connectivity index (χ1) is 5.35. The van der Waals surface area contributed by atoms with Crippen LogP contribution in [0.3, 0.4) is 0 Å². The van der Waals surface area contributed by atoms with Gasteiger partial charge in [-0.2, -0.15) is 0 Å². The maximum absolute atomic E-state index is 11.9. The van der Waals surface area contributed by atoms with Crippen molar-refractivity contribution in [3.05, 3.63) is 0 Å². The molecule has 0 saturated heterocycles. The van der Waals surface area contributed by atoms with E-state index in [0.717, 1.165) is 0 Å². The highest BCUT2D eigenvalue weighted by molar-refractivity contribution is 4.77. The average molecular weight is 181 g/mol. The minimum absolute atomic E-state index is 0.234. The normalized spacial score (nSPS) is 15.2. The van der Waals surface area contributed by atoms with Gasteiger partial charge < -0.3 is 10.4 Å². The summed E-state index contributed by atoms with van der Waals surface area (Å²) in [6.07, 6.45) is -2.66. The maximum Gasteiger partial charge on any atom is 0.240 e. The Morgan fingerprint density at radius 3 is 2.08 bits per heavy atom. The van der Waals surface area contributed by atoms with Crippen molar-refractivity contribution >= 4 is 0 Å². The lowest BCUT2D eigenvalue weighted by Gasteiger charge is -2.27. The smallest absolute Gasteiger partial charge is 0.240 e. The molecule has 2 nitrogen and oxygen atoms in total. The van der Waals surface area contributed by atoms with E-state index in [-0.39, 0.29) is 18.6 Å². The Kier molecular flexibility index (Phi) is 4.63. The Balaban J connectivity index is 3.83. The van der Waals surface area contributed by atoms with E-state index in [1.54, 1.807) is 0 Å². The fourth-order valence-corrected chi connectivity index (χ4v) is 1.01. The van der Waals surface area contributed by atoms with Crippen molar-refractivity contribution in [3.63, 3.8) is 0 Å². The Hall–Kier alpha value is -0.220. The molecule has 0 bridgehead atoms. The molecule has 0 spiro atoms. The summed E-state index contributed by atoms with van der Waals surface area (Å²) in [4.78, 5) is 0. The highest BCUT2D eigenvalue weighted by Gasteiger charge is 2.19. The zero-order valence-electron chi connectivity index (χ0n) is 7.77. The van der Waals surface area contributed by atoms with Crippen molar-refractivity contribution in [2.24, 2.45) is 0 Å². The predicted octanol–water partition coefficient (Wildman–Crippen LogP) is 1.39. The van der Waals surface area contributed by atoms with Gasteiger partial charge in [0.1, 0.15) is 0 Å². The Morgan fingerprint density at radius 2 is 1.83 bits per heavy atom. The summed E-state index contributed by atoms with van der Waals surface area (Å²) < 4.78 is 23.8. The van der Waals surface area contributed by atoms with Crippen LogP contribution in [0.4, 0.5) is 8.78 Å². The molecule has 0 rings (SSSR count). The molecule has 12 heavy (non-hydrogen) atoms. The van der Waals surface area contributed by atoms with Crippen LogP contribution in [0.5, 0.6) is 0 Å². The molecule has 0 aromatic carbocycles. The Bertz CT molecular complexity index is 123. The largest absolute Gasteiger partial charge is 0.395 e. The lowest BCUT2D eigenvalue weighted by Crippen LogP contribution is -2.46. The molecule has 0 fully saturated rings. The SMILES string of the molecule is CC(C)(C)NC(CO)CC(F)F. The molecular formula is C8H17F2NO. The summed E-state index contributed by atoms with van der Waals surface area (Å²) in [7, 11) is 0. The zero-order chi connectivity index (χ0) is 9.78. The van der Waals surface area contributed by atoms with E-state index in [0.29, 0.717) is 0 Å². The predicted molar refractivity (Wildman–Crippen MR) is 44.4 cm³/mol. The summed E-state index contributed by atoms with van der Waals surface area (Å²) in [5.41, 5.74) is -0.234. The van der Waals surface area contributed by atoms with E-state index in [9.17, 15) is 8.78 Å².